The van der Waals surface area contributed by atoms with Gasteiger partial charge in [-0.15, -0.1) is 0 Å². The highest BCUT2D eigenvalue weighted by Gasteiger charge is 2.34. The fourth-order valence-electron chi connectivity index (χ4n) is 3.82. The van der Waals surface area contributed by atoms with Crippen LogP contribution in [0.15, 0.2) is 35.4 Å². The van der Waals surface area contributed by atoms with Crippen LogP contribution in [0.25, 0.3) is 5.69 Å². The Kier molecular flexibility index (Phi) is 6.82. The lowest BCUT2D eigenvalue weighted by Crippen LogP contribution is -2.41. The summed E-state index contributed by atoms with van der Waals surface area (Å²) < 4.78 is 41.8. The molecule has 1 aliphatic heterocycles. The lowest BCUT2D eigenvalue weighted by atomic mass is 10.1. The van der Waals surface area contributed by atoms with Crippen LogP contribution in [-0.4, -0.2) is 40.6 Å². The van der Waals surface area contributed by atoms with Gasteiger partial charge in [-0.1, -0.05) is 25.0 Å². The minimum atomic E-state index is -4.49. The molecular weight excluding hydrogens is 409 g/mol. The van der Waals surface area contributed by atoms with E-state index in [4.69, 9.17) is 0 Å². The molecule has 0 aliphatic carbocycles. The molecule has 0 unspecified atom stereocenters. The molecule has 1 aromatic carbocycles. The lowest BCUT2D eigenvalue weighted by molar-refractivity contribution is -0.145. The van der Waals surface area contributed by atoms with Gasteiger partial charge in [0.25, 0.3) is 0 Å². The summed E-state index contributed by atoms with van der Waals surface area (Å²) in [5.74, 6) is -1.45. The Labute approximate surface area is 178 Å². The molecule has 2 amide bonds. The van der Waals surface area contributed by atoms with Gasteiger partial charge in [0.15, 0.2) is 0 Å². The van der Waals surface area contributed by atoms with Crippen LogP contribution in [-0.2, 0) is 15.8 Å². The minimum absolute atomic E-state index is 0.0185. The van der Waals surface area contributed by atoms with E-state index < -0.39 is 23.6 Å². The van der Waals surface area contributed by atoms with Crippen LogP contribution in [0.2, 0.25) is 0 Å². The van der Waals surface area contributed by atoms with E-state index in [2.05, 4.69) is 10.5 Å². The molecule has 0 saturated carbocycles. The Morgan fingerprint density at radius 3 is 2.35 bits per heavy atom. The topological polar surface area (TPSA) is 66.7 Å². The summed E-state index contributed by atoms with van der Waals surface area (Å²) in [4.78, 5) is 25.9. The number of amides is 2. The Hall–Kier alpha value is -3.10. The van der Waals surface area contributed by atoms with E-state index in [0.717, 1.165) is 31.7 Å². The number of likely N-dealkylation sites (tertiary alicyclic amines) is 1. The zero-order chi connectivity index (χ0) is 22.6. The van der Waals surface area contributed by atoms with Gasteiger partial charge >= 0.3 is 18.0 Å². The van der Waals surface area contributed by atoms with E-state index in [-0.39, 0.29) is 5.69 Å². The molecule has 2 aromatic rings. The molecule has 0 spiro atoms. The Morgan fingerprint density at radius 1 is 1.06 bits per heavy atom. The summed E-state index contributed by atoms with van der Waals surface area (Å²) in [5, 5.41) is 3.85. The first-order valence-corrected chi connectivity index (χ1v) is 10.2. The van der Waals surface area contributed by atoms with Crippen LogP contribution in [0.1, 0.15) is 48.2 Å². The van der Waals surface area contributed by atoms with Gasteiger partial charge in [-0.25, -0.2) is 5.43 Å². The molecule has 0 atom stereocenters. The number of rotatable bonds is 3. The monoisotopic (exact) mass is 434 g/mol. The Bertz CT molecular complexity index is 987. The molecule has 1 fully saturated rings. The van der Waals surface area contributed by atoms with Crippen LogP contribution in [0.3, 0.4) is 0 Å². The number of para-hydroxylation sites is 1. The maximum atomic E-state index is 13.4. The maximum absolute atomic E-state index is 13.4. The zero-order valence-corrected chi connectivity index (χ0v) is 17.5. The Balaban J connectivity index is 1.77. The van der Waals surface area contributed by atoms with Crippen molar-refractivity contribution >= 4 is 18.0 Å². The van der Waals surface area contributed by atoms with E-state index >= 15 is 0 Å². The number of carbonyl (C=O) groups excluding carboxylic acids is 2. The van der Waals surface area contributed by atoms with Crippen molar-refractivity contribution in [2.75, 3.05) is 13.1 Å². The van der Waals surface area contributed by atoms with Gasteiger partial charge in [0.1, 0.15) is 0 Å². The quantitative estimate of drug-likeness (QED) is 0.451. The van der Waals surface area contributed by atoms with Crippen molar-refractivity contribution in [1.82, 2.24) is 14.9 Å². The van der Waals surface area contributed by atoms with Crippen LogP contribution in [0.5, 0.6) is 0 Å². The third kappa shape index (κ3) is 5.15. The summed E-state index contributed by atoms with van der Waals surface area (Å²) in [6, 6.07) is 7.02. The van der Waals surface area contributed by atoms with Crippen molar-refractivity contribution in [1.29, 1.82) is 0 Å². The second-order valence-electron chi connectivity index (χ2n) is 7.58. The number of nitrogens with zero attached hydrogens (tertiary/aromatic N) is 3. The fraction of sp³-hybridized carbons (Fsp3) is 0.409. The van der Waals surface area contributed by atoms with Gasteiger partial charge in [-0.05, 0) is 44.9 Å². The standard InChI is InChI=1S/C22H25F3N4O2/c1-15-13-17(14-26-27-20(30)21(31)28-11-7-3-4-8-12-28)16(2)29(15)19-10-6-5-9-18(19)22(23,24)25/h5-6,9-10,13-14H,3-4,7-8,11-12H2,1-2H3,(H,27,30)/b26-14-. The van der Waals surface area contributed by atoms with Crippen LogP contribution < -0.4 is 5.43 Å². The molecule has 6 nitrogen and oxygen atoms in total. The van der Waals surface area contributed by atoms with Crippen molar-refractivity contribution in [3.05, 3.63) is 52.8 Å². The van der Waals surface area contributed by atoms with Crippen LogP contribution >= 0.6 is 0 Å². The average molecular weight is 434 g/mol. The van der Waals surface area contributed by atoms with Crippen molar-refractivity contribution in [2.45, 2.75) is 45.7 Å². The number of nitrogens with one attached hydrogen (secondary N) is 1. The minimum Gasteiger partial charge on any atom is -0.334 e. The molecule has 0 bridgehead atoms. The van der Waals surface area contributed by atoms with Gasteiger partial charge in [0, 0.05) is 30.0 Å². The van der Waals surface area contributed by atoms with E-state index in [9.17, 15) is 22.8 Å². The number of aryl methyl sites for hydroxylation is 1. The van der Waals surface area contributed by atoms with Crippen molar-refractivity contribution < 1.29 is 22.8 Å². The summed E-state index contributed by atoms with van der Waals surface area (Å²) in [6.07, 6.45) is 0.660. The molecule has 166 valence electrons. The predicted octanol–water partition coefficient (Wildman–Crippen LogP) is 3.97. The molecule has 9 heteroatoms. The zero-order valence-electron chi connectivity index (χ0n) is 17.5. The first-order chi connectivity index (χ1) is 14.7. The first-order valence-electron chi connectivity index (χ1n) is 10.2. The number of halogens is 3. The smallest absolute Gasteiger partial charge is 0.334 e. The second kappa shape index (κ2) is 9.36. The number of carbonyl (C=O) groups is 2. The number of hydrogen-bond donors (Lipinski definition) is 1. The molecule has 1 saturated heterocycles. The van der Waals surface area contributed by atoms with Crippen molar-refractivity contribution in [3.63, 3.8) is 0 Å². The van der Waals surface area contributed by atoms with Gasteiger partial charge in [0.2, 0.25) is 0 Å². The number of hydrazone groups is 1. The molecule has 1 aromatic heterocycles. The fourth-order valence-corrected chi connectivity index (χ4v) is 3.82. The highest BCUT2D eigenvalue weighted by Crippen LogP contribution is 2.35. The summed E-state index contributed by atoms with van der Waals surface area (Å²) in [6.45, 7) is 4.47. The molecule has 1 N–H and O–H groups in total. The number of alkyl halides is 3. The van der Waals surface area contributed by atoms with Crippen LogP contribution in [0, 0.1) is 13.8 Å². The number of aromatic nitrogens is 1. The Morgan fingerprint density at radius 2 is 1.71 bits per heavy atom. The van der Waals surface area contributed by atoms with E-state index in [0.29, 0.717) is 30.0 Å². The van der Waals surface area contributed by atoms with E-state index in [1.54, 1.807) is 26.0 Å². The largest absolute Gasteiger partial charge is 0.418 e. The maximum Gasteiger partial charge on any atom is 0.418 e. The average Bonchev–Trinajstić information content (AvgIpc) is 2.91. The highest BCUT2D eigenvalue weighted by atomic mass is 19.4. The third-order valence-electron chi connectivity index (χ3n) is 5.38. The molecule has 0 radical (unpaired) electrons. The normalized spacial score (nSPS) is 15.2. The number of benzene rings is 1. The van der Waals surface area contributed by atoms with Gasteiger partial charge in [-0.3, -0.25) is 9.59 Å². The molecule has 2 heterocycles. The van der Waals surface area contributed by atoms with Gasteiger partial charge in [0.05, 0.1) is 17.5 Å². The third-order valence-corrected chi connectivity index (χ3v) is 5.38. The molecular formula is C22H25F3N4O2. The van der Waals surface area contributed by atoms with Crippen LogP contribution in [0.4, 0.5) is 13.2 Å². The summed E-state index contributed by atoms with van der Waals surface area (Å²) >= 11 is 0. The second-order valence-corrected chi connectivity index (χ2v) is 7.58. The summed E-state index contributed by atoms with van der Waals surface area (Å²) in [5.41, 5.74) is 3.17. The molecule has 3 rings (SSSR count). The van der Waals surface area contributed by atoms with Crippen molar-refractivity contribution in [3.8, 4) is 5.69 Å². The van der Waals surface area contributed by atoms with Gasteiger partial charge < -0.3 is 9.47 Å². The van der Waals surface area contributed by atoms with E-state index in [1.807, 2.05) is 0 Å². The summed E-state index contributed by atoms with van der Waals surface area (Å²) in [7, 11) is 0. The SMILES string of the molecule is Cc1cc(/C=N\NC(=O)C(=O)N2CCCCCC2)c(C)n1-c1ccccc1C(F)(F)F. The number of hydrogen-bond acceptors (Lipinski definition) is 3. The first kappa shape index (κ1) is 22.6. The molecule has 31 heavy (non-hydrogen) atoms. The van der Waals surface area contributed by atoms with Gasteiger partial charge in [-0.2, -0.15) is 18.3 Å². The predicted molar refractivity (Wildman–Crippen MR) is 111 cm³/mol. The van der Waals surface area contributed by atoms with E-state index in [1.165, 1.54) is 27.8 Å². The molecule has 1 aliphatic rings. The highest BCUT2D eigenvalue weighted by molar-refractivity contribution is 6.35. The van der Waals surface area contributed by atoms with Crippen molar-refractivity contribution in [2.24, 2.45) is 5.10 Å². The lowest BCUT2D eigenvalue weighted by Gasteiger charge is -2.18.